The summed E-state index contributed by atoms with van der Waals surface area (Å²) in [6, 6.07) is 1.15. The second-order valence-electron chi connectivity index (χ2n) is 12.0. The Kier molecular flexibility index (Phi) is 10.6. The van der Waals surface area contributed by atoms with Gasteiger partial charge in [-0.05, 0) is 56.6 Å². The lowest BCUT2D eigenvalue weighted by atomic mass is 10.0. The van der Waals surface area contributed by atoms with Crippen LogP contribution in [0.25, 0.3) is 0 Å². The van der Waals surface area contributed by atoms with Gasteiger partial charge >= 0.3 is 6.18 Å². The normalized spacial score (nSPS) is 28.5. The van der Waals surface area contributed by atoms with Crippen LogP contribution in [0, 0.1) is 17.6 Å². The highest BCUT2D eigenvalue weighted by Gasteiger charge is 2.66. The van der Waals surface area contributed by atoms with E-state index in [0.29, 0.717) is 25.7 Å². The molecule has 8 nitrogen and oxygen atoms in total. The number of benzene rings is 1. The number of rotatable bonds is 7. The van der Waals surface area contributed by atoms with Crippen LogP contribution in [0.2, 0.25) is 0 Å². The minimum atomic E-state index is -4.41. The number of carbonyl (C=O) groups excluding carboxylic acids is 3. The Labute approximate surface area is 247 Å². The fourth-order valence-electron chi connectivity index (χ4n) is 6.41. The van der Waals surface area contributed by atoms with E-state index in [9.17, 15) is 45.8 Å². The van der Waals surface area contributed by atoms with Gasteiger partial charge in [-0.25, -0.2) is 8.78 Å². The molecule has 0 aromatic heterocycles. The lowest BCUT2D eigenvalue weighted by Crippen LogP contribution is -2.55. The van der Waals surface area contributed by atoms with Crippen LogP contribution in [0.5, 0.6) is 0 Å². The number of hydrogen-bond acceptors (Lipinski definition) is 4. The van der Waals surface area contributed by atoms with Crippen LogP contribution >= 0.6 is 7.37 Å². The van der Waals surface area contributed by atoms with Crippen molar-refractivity contribution in [2.45, 2.75) is 113 Å². The number of hydrogen-bond donors (Lipinski definition) is 3. The van der Waals surface area contributed by atoms with E-state index in [2.05, 4.69) is 10.6 Å². The number of halogens is 5. The van der Waals surface area contributed by atoms with Crippen LogP contribution < -0.4 is 10.6 Å². The van der Waals surface area contributed by atoms with Gasteiger partial charge in [0, 0.05) is 24.9 Å². The Morgan fingerprint density at radius 3 is 2.37 bits per heavy atom. The summed E-state index contributed by atoms with van der Waals surface area (Å²) < 4.78 is 80.3. The van der Waals surface area contributed by atoms with Crippen LogP contribution in [0.3, 0.4) is 0 Å². The quantitative estimate of drug-likeness (QED) is 0.270. The highest BCUT2D eigenvalue weighted by Crippen LogP contribution is 2.71. The van der Waals surface area contributed by atoms with Crippen molar-refractivity contribution < 1.29 is 45.8 Å². The predicted molar refractivity (Wildman–Crippen MR) is 148 cm³/mol. The van der Waals surface area contributed by atoms with Crippen molar-refractivity contribution in [1.82, 2.24) is 15.5 Å². The second-order valence-corrected chi connectivity index (χ2v) is 14.5. The number of fused-ring (bicyclic) bond motifs is 2. The minimum Gasteiger partial charge on any atom is -0.344 e. The SMILES string of the molecule is O=C(CCCC(F)(F)F)N[C@H]1CCCCCCC[C@@H]2C[C@@]2(P(=O)(O)Cc2c(F)cccc2F)NC(=O)[C@@H]2CCCN2C1=O. The monoisotopic (exact) mass is 635 g/mol. The van der Waals surface area contributed by atoms with Crippen molar-refractivity contribution in [3.8, 4) is 0 Å². The third-order valence-electron chi connectivity index (χ3n) is 8.85. The first-order valence-electron chi connectivity index (χ1n) is 15.0. The average Bonchev–Trinajstić information content (AvgIpc) is 3.39. The Bertz CT molecular complexity index is 1230. The lowest BCUT2D eigenvalue weighted by molar-refractivity contribution is -0.142. The Morgan fingerprint density at radius 2 is 1.70 bits per heavy atom. The molecule has 5 atom stereocenters. The lowest BCUT2D eigenvalue weighted by Gasteiger charge is -2.32. The van der Waals surface area contributed by atoms with E-state index < -0.39 is 91.3 Å². The van der Waals surface area contributed by atoms with E-state index >= 15 is 0 Å². The zero-order valence-electron chi connectivity index (χ0n) is 23.9. The first-order chi connectivity index (χ1) is 20.2. The molecule has 0 spiro atoms. The third-order valence-corrected chi connectivity index (χ3v) is 11.5. The molecule has 43 heavy (non-hydrogen) atoms. The van der Waals surface area contributed by atoms with Gasteiger partial charge in [0.2, 0.25) is 25.1 Å². The van der Waals surface area contributed by atoms with Crippen LogP contribution in [-0.4, -0.2) is 57.6 Å². The summed E-state index contributed by atoms with van der Waals surface area (Å²) in [5.74, 6) is -4.14. The van der Waals surface area contributed by atoms with Gasteiger partial charge in [-0.2, -0.15) is 13.2 Å². The van der Waals surface area contributed by atoms with E-state index in [1.54, 1.807) is 0 Å². The molecule has 2 heterocycles. The third kappa shape index (κ3) is 8.15. The maximum Gasteiger partial charge on any atom is 0.389 e. The average molecular weight is 636 g/mol. The van der Waals surface area contributed by atoms with Crippen LogP contribution in [0.4, 0.5) is 22.0 Å². The molecule has 4 rings (SSSR count). The van der Waals surface area contributed by atoms with E-state index in [-0.39, 0.29) is 31.7 Å². The minimum absolute atomic E-state index is 0.167. The summed E-state index contributed by atoms with van der Waals surface area (Å²) in [4.78, 5) is 52.3. The van der Waals surface area contributed by atoms with E-state index in [4.69, 9.17) is 0 Å². The number of nitrogens with zero attached hydrogens (tertiary/aromatic N) is 1. The Balaban J connectivity index is 1.53. The molecule has 1 unspecified atom stereocenters. The summed E-state index contributed by atoms with van der Waals surface area (Å²) in [6.07, 6.45) is -1.84. The topological polar surface area (TPSA) is 116 Å². The Hall–Kier alpha value is -2.53. The predicted octanol–water partition coefficient (Wildman–Crippen LogP) is 5.52. The largest absolute Gasteiger partial charge is 0.389 e. The summed E-state index contributed by atoms with van der Waals surface area (Å²) >= 11 is 0. The van der Waals surface area contributed by atoms with Crippen molar-refractivity contribution in [2.75, 3.05) is 6.54 Å². The molecule has 0 bridgehead atoms. The van der Waals surface area contributed by atoms with Crippen LogP contribution in [0.1, 0.15) is 89.0 Å². The maximum absolute atomic E-state index is 14.4. The fraction of sp³-hybridized carbons (Fsp3) is 0.690. The van der Waals surface area contributed by atoms with Crippen LogP contribution in [0.15, 0.2) is 18.2 Å². The van der Waals surface area contributed by atoms with Crippen LogP contribution in [-0.2, 0) is 25.1 Å². The molecule has 2 aliphatic heterocycles. The highest BCUT2D eigenvalue weighted by atomic mass is 31.2. The molecular weight excluding hydrogens is 596 g/mol. The van der Waals surface area contributed by atoms with Gasteiger partial charge < -0.3 is 20.4 Å². The second kappa shape index (κ2) is 13.6. The van der Waals surface area contributed by atoms with E-state index in [0.717, 1.165) is 37.5 Å². The van der Waals surface area contributed by atoms with Gasteiger partial charge in [0.1, 0.15) is 29.0 Å². The number of nitrogens with one attached hydrogen (secondary N) is 2. The highest BCUT2D eigenvalue weighted by molar-refractivity contribution is 7.59. The number of carbonyl (C=O) groups is 3. The Morgan fingerprint density at radius 1 is 1.05 bits per heavy atom. The van der Waals surface area contributed by atoms with Gasteiger partial charge in [0.25, 0.3) is 0 Å². The standard InChI is InChI=1S/C29H39F5N3O5P/c30-21-10-6-11-22(31)20(21)18-43(41,42)28-17-19(28)9-4-2-1-3-5-12-23(35-25(38)14-7-15-29(32,33)34)27(40)37-16-8-13-24(37)26(39)36-28/h6,10-11,19,23-24H,1-5,7-9,12-18H2,(H,35,38)(H,36,39)(H,41,42)/t19-,23+,24+,28+/m1/s1. The number of amides is 3. The summed E-state index contributed by atoms with van der Waals surface area (Å²) in [6.45, 7) is 0.199. The van der Waals surface area contributed by atoms with Gasteiger partial charge in [-0.1, -0.05) is 38.2 Å². The van der Waals surface area contributed by atoms with Crippen molar-refractivity contribution in [3.05, 3.63) is 35.4 Å². The van der Waals surface area contributed by atoms with E-state index in [1.165, 1.54) is 4.90 Å². The molecule has 14 heteroatoms. The molecule has 1 aromatic rings. The molecule has 3 N–H and O–H groups in total. The van der Waals surface area contributed by atoms with Crippen molar-refractivity contribution in [1.29, 1.82) is 0 Å². The summed E-state index contributed by atoms with van der Waals surface area (Å²) in [5, 5.41) is 3.74. The van der Waals surface area contributed by atoms with Gasteiger partial charge in [-0.15, -0.1) is 0 Å². The molecule has 3 aliphatic rings. The maximum atomic E-state index is 14.4. The van der Waals surface area contributed by atoms with Gasteiger partial charge in [0.15, 0.2) is 0 Å². The number of alkyl halides is 3. The molecule has 0 radical (unpaired) electrons. The van der Waals surface area contributed by atoms with E-state index in [1.807, 2.05) is 0 Å². The zero-order chi connectivity index (χ0) is 31.4. The molecule has 240 valence electrons. The molecule has 1 aromatic carbocycles. The summed E-state index contributed by atoms with van der Waals surface area (Å²) in [5.41, 5.74) is -0.523. The molecule has 1 aliphatic carbocycles. The van der Waals surface area contributed by atoms with Gasteiger partial charge in [-0.3, -0.25) is 18.9 Å². The van der Waals surface area contributed by atoms with Crippen molar-refractivity contribution in [3.63, 3.8) is 0 Å². The zero-order valence-corrected chi connectivity index (χ0v) is 24.8. The first-order valence-corrected chi connectivity index (χ1v) is 16.8. The fourth-order valence-corrected chi connectivity index (χ4v) is 8.91. The molecular formula is C29H39F5N3O5P. The first kappa shape index (κ1) is 33.4. The smallest absolute Gasteiger partial charge is 0.344 e. The summed E-state index contributed by atoms with van der Waals surface area (Å²) in [7, 11) is -4.41. The molecule has 1 saturated carbocycles. The molecule has 3 amide bonds. The molecule has 2 saturated heterocycles. The van der Waals surface area contributed by atoms with Crippen molar-refractivity contribution in [2.24, 2.45) is 5.92 Å². The van der Waals surface area contributed by atoms with Gasteiger partial charge in [0.05, 0.1) is 6.16 Å². The molecule has 3 fully saturated rings. The van der Waals surface area contributed by atoms with Crippen molar-refractivity contribution >= 4 is 25.1 Å².